The number of hydrogen-bond acceptors (Lipinski definition) is 3. The highest BCUT2D eigenvalue weighted by molar-refractivity contribution is 5.73. The second-order valence-corrected chi connectivity index (χ2v) is 4.97. The fourth-order valence-electron chi connectivity index (χ4n) is 2.67. The molecule has 0 saturated carbocycles. The molecule has 0 spiro atoms. The van der Waals surface area contributed by atoms with Gasteiger partial charge in [-0.1, -0.05) is 31.2 Å². The smallest absolute Gasteiger partial charge is 0.307 e. The molecule has 3 rings (SSSR count). The van der Waals surface area contributed by atoms with Gasteiger partial charge in [-0.05, 0) is 12.1 Å². The lowest BCUT2D eigenvalue weighted by Gasteiger charge is -2.30. The molecule has 2 N–H and O–H groups in total. The van der Waals surface area contributed by atoms with Crippen molar-refractivity contribution in [3.05, 3.63) is 53.6 Å². The average molecular weight is 270 g/mol. The molecule has 0 saturated heterocycles. The van der Waals surface area contributed by atoms with Crippen LogP contribution in [0.15, 0.2) is 42.5 Å². The van der Waals surface area contributed by atoms with E-state index in [-0.39, 0.29) is 11.7 Å². The molecule has 0 bridgehead atoms. The predicted octanol–water partition coefficient (Wildman–Crippen LogP) is 3.35. The number of ether oxygens (including phenoxy) is 1. The monoisotopic (exact) mass is 270 g/mol. The Morgan fingerprint density at radius 2 is 1.85 bits per heavy atom. The predicted molar refractivity (Wildman–Crippen MR) is 73.3 cm³/mol. The molecular formula is C16H14O4. The molecule has 2 atom stereocenters. The number of hydrogen-bond donors (Lipinski definition) is 2. The van der Waals surface area contributed by atoms with E-state index >= 15 is 0 Å². The van der Waals surface area contributed by atoms with Crippen LogP contribution in [0.25, 0.3) is 0 Å². The van der Waals surface area contributed by atoms with E-state index in [2.05, 4.69) is 0 Å². The van der Waals surface area contributed by atoms with E-state index in [0.29, 0.717) is 11.5 Å². The average Bonchev–Trinajstić information content (AvgIpc) is 2.43. The van der Waals surface area contributed by atoms with Gasteiger partial charge in [0.25, 0.3) is 0 Å². The summed E-state index contributed by atoms with van der Waals surface area (Å²) in [6.45, 7) is 1.69. The van der Waals surface area contributed by atoms with Crippen molar-refractivity contribution in [1.82, 2.24) is 0 Å². The number of carbonyl (C=O) groups is 1. The summed E-state index contributed by atoms with van der Waals surface area (Å²) >= 11 is 0. The van der Waals surface area contributed by atoms with E-state index in [1.165, 1.54) is 6.07 Å². The minimum atomic E-state index is -0.856. The quantitative estimate of drug-likeness (QED) is 0.878. The molecule has 1 unspecified atom stereocenters. The van der Waals surface area contributed by atoms with Crippen molar-refractivity contribution in [3.63, 3.8) is 0 Å². The molecule has 1 aliphatic rings. The van der Waals surface area contributed by atoms with Crippen molar-refractivity contribution < 1.29 is 19.7 Å². The first-order valence-electron chi connectivity index (χ1n) is 6.40. The summed E-state index contributed by atoms with van der Waals surface area (Å²) in [6.07, 6.45) is 0. The second kappa shape index (κ2) is 4.56. The van der Waals surface area contributed by atoms with E-state index in [1.54, 1.807) is 19.1 Å². The highest BCUT2D eigenvalue weighted by Crippen LogP contribution is 2.48. The Hall–Kier alpha value is -2.49. The Labute approximate surface area is 116 Å². The van der Waals surface area contributed by atoms with Crippen LogP contribution in [0.4, 0.5) is 0 Å². The standard InChI is InChI=1S/C16H14O4/c1-9(16(18)19)15-11-4-2-3-5-13(11)20-14-8-10(17)6-7-12(14)15/h2-9,15,17H,1H3,(H,18,19)/t9?,15-/m1/s1. The number of aromatic hydroxyl groups is 1. The summed E-state index contributed by atoms with van der Waals surface area (Å²) < 4.78 is 5.77. The number of rotatable bonds is 2. The van der Waals surface area contributed by atoms with Gasteiger partial charge in [-0.15, -0.1) is 0 Å². The SMILES string of the molecule is CC(C(=O)O)[C@@H]1c2ccccc2Oc2cc(O)ccc21. The van der Waals surface area contributed by atoms with Gasteiger partial charge >= 0.3 is 5.97 Å². The zero-order valence-electron chi connectivity index (χ0n) is 10.9. The lowest BCUT2D eigenvalue weighted by Crippen LogP contribution is -2.23. The van der Waals surface area contributed by atoms with Crippen LogP contribution in [0, 0.1) is 5.92 Å². The minimum Gasteiger partial charge on any atom is -0.508 e. The first-order chi connectivity index (χ1) is 9.58. The van der Waals surface area contributed by atoms with Crippen molar-refractivity contribution in [2.24, 2.45) is 5.92 Å². The van der Waals surface area contributed by atoms with Crippen molar-refractivity contribution in [2.45, 2.75) is 12.8 Å². The number of para-hydroxylation sites is 1. The first kappa shape index (κ1) is 12.5. The van der Waals surface area contributed by atoms with E-state index in [9.17, 15) is 15.0 Å². The van der Waals surface area contributed by atoms with Gasteiger partial charge in [-0.25, -0.2) is 0 Å². The molecule has 4 heteroatoms. The molecule has 0 aromatic heterocycles. The third-order valence-electron chi connectivity index (χ3n) is 3.70. The third kappa shape index (κ3) is 1.90. The van der Waals surface area contributed by atoms with Gasteiger partial charge in [-0.2, -0.15) is 0 Å². The highest BCUT2D eigenvalue weighted by atomic mass is 16.5. The second-order valence-electron chi connectivity index (χ2n) is 4.97. The summed E-state index contributed by atoms with van der Waals surface area (Å²) in [5, 5.41) is 18.9. The fourth-order valence-corrected chi connectivity index (χ4v) is 2.67. The maximum absolute atomic E-state index is 11.4. The van der Waals surface area contributed by atoms with Crippen LogP contribution in [0.3, 0.4) is 0 Å². The van der Waals surface area contributed by atoms with Gasteiger partial charge in [0.1, 0.15) is 17.2 Å². The topological polar surface area (TPSA) is 66.8 Å². The Morgan fingerprint density at radius 3 is 2.60 bits per heavy atom. The van der Waals surface area contributed by atoms with Crippen LogP contribution in [-0.2, 0) is 4.79 Å². The van der Waals surface area contributed by atoms with Crippen molar-refractivity contribution in [1.29, 1.82) is 0 Å². The molecule has 1 aliphatic heterocycles. The van der Waals surface area contributed by atoms with Crippen LogP contribution in [-0.4, -0.2) is 16.2 Å². The number of benzene rings is 2. The molecule has 2 aromatic carbocycles. The lowest BCUT2D eigenvalue weighted by molar-refractivity contribution is -0.141. The summed E-state index contributed by atoms with van der Waals surface area (Å²) in [6, 6.07) is 12.2. The summed E-state index contributed by atoms with van der Waals surface area (Å²) in [7, 11) is 0. The van der Waals surface area contributed by atoms with Gasteiger partial charge in [0.2, 0.25) is 0 Å². The summed E-state index contributed by atoms with van der Waals surface area (Å²) in [5.74, 6) is -0.461. The number of phenolic OH excluding ortho intramolecular Hbond substituents is 1. The highest BCUT2D eigenvalue weighted by Gasteiger charge is 2.34. The van der Waals surface area contributed by atoms with Crippen molar-refractivity contribution in [2.75, 3.05) is 0 Å². The van der Waals surface area contributed by atoms with Gasteiger partial charge in [0, 0.05) is 23.1 Å². The molecule has 0 radical (unpaired) electrons. The molecule has 0 amide bonds. The zero-order valence-corrected chi connectivity index (χ0v) is 10.9. The van der Waals surface area contributed by atoms with Crippen LogP contribution in [0.1, 0.15) is 24.0 Å². The number of fused-ring (bicyclic) bond motifs is 2. The normalized spacial score (nSPS) is 17.6. The zero-order chi connectivity index (χ0) is 14.3. The van der Waals surface area contributed by atoms with Crippen LogP contribution >= 0.6 is 0 Å². The van der Waals surface area contributed by atoms with Gasteiger partial charge in [0.15, 0.2) is 0 Å². The van der Waals surface area contributed by atoms with E-state index < -0.39 is 11.9 Å². The molecule has 0 fully saturated rings. The van der Waals surface area contributed by atoms with E-state index in [1.807, 2.05) is 24.3 Å². The molecule has 102 valence electrons. The molecule has 4 nitrogen and oxygen atoms in total. The van der Waals surface area contributed by atoms with Crippen LogP contribution in [0.2, 0.25) is 0 Å². The Morgan fingerprint density at radius 1 is 1.15 bits per heavy atom. The van der Waals surface area contributed by atoms with Gasteiger partial charge in [-0.3, -0.25) is 4.79 Å². The third-order valence-corrected chi connectivity index (χ3v) is 3.70. The Bertz CT molecular complexity index is 678. The first-order valence-corrected chi connectivity index (χ1v) is 6.40. The number of aliphatic carboxylic acids is 1. The van der Waals surface area contributed by atoms with Gasteiger partial charge in [0.05, 0.1) is 5.92 Å². The molecular weight excluding hydrogens is 256 g/mol. The van der Waals surface area contributed by atoms with Gasteiger partial charge < -0.3 is 14.9 Å². The molecule has 1 heterocycles. The molecule has 2 aromatic rings. The van der Waals surface area contributed by atoms with E-state index in [4.69, 9.17) is 4.74 Å². The maximum atomic E-state index is 11.4. The largest absolute Gasteiger partial charge is 0.508 e. The fraction of sp³-hybridized carbons (Fsp3) is 0.188. The number of carboxylic acids is 1. The number of phenols is 1. The maximum Gasteiger partial charge on any atom is 0.307 e. The van der Waals surface area contributed by atoms with Crippen LogP contribution < -0.4 is 4.74 Å². The van der Waals surface area contributed by atoms with Crippen molar-refractivity contribution in [3.8, 4) is 17.2 Å². The van der Waals surface area contributed by atoms with Crippen LogP contribution in [0.5, 0.6) is 17.2 Å². The molecule has 0 aliphatic carbocycles. The Balaban J connectivity index is 2.20. The summed E-state index contributed by atoms with van der Waals surface area (Å²) in [4.78, 5) is 11.4. The number of carboxylic acid groups (broad SMARTS) is 1. The summed E-state index contributed by atoms with van der Waals surface area (Å²) in [5.41, 5.74) is 1.65. The van der Waals surface area contributed by atoms with E-state index in [0.717, 1.165) is 11.1 Å². The minimum absolute atomic E-state index is 0.102. The Kier molecular flexibility index (Phi) is 2.86. The van der Waals surface area contributed by atoms with Crippen molar-refractivity contribution >= 4 is 5.97 Å². The molecule has 20 heavy (non-hydrogen) atoms. The lowest BCUT2D eigenvalue weighted by atomic mass is 9.79.